The van der Waals surface area contributed by atoms with E-state index < -0.39 is 0 Å². The zero-order valence-electron chi connectivity index (χ0n) is 12.2. The lowest BCUT2D eigenvalue weighted by atomic mass is 10.1. The van der Waals surface area contributed by atoms with Crippen molar-refractivity contribution in [3.05, 3.63) is 46.4 Å². The molecular weight excluding hydrogens is 334 g/mol. The topological polar surface area (TPSA) is 53.7 Å². The molecule has 0 saturated carbocycles. The van der Waals surface area contributed by atoms with Crippen LogP contribution in [0.1, 0.15) is 18.5 Å². The molecule has 112 valence electrons. The average molecular weight is 352 g/mol. The molecule has 0 heterocycles. The number of hydrogen-bond donors (Lipinski definition) is 1. The van der Waals surface area contributed by atoms with E-state index in [1.54, 1.807) is 32.4 Å². The highest BCUT2D eigenvalue weighted by Crippen LogP contribution is 2.34. The molecule has 0 aliphatic carbocycles. The Morgan fingerprint density at radius 3 is 2.05 bits per heavy atom. The SMILES string of the molecule is COc1cc(OC)cc(Oc2ccc(Br)cc2C(C)N)c1. The lowest BCUT2D eigenvalue weighted by Crippen LogP contribution is -2.06. The van der Waals surface area contributed by atoms with Crippen LogP contribution < -0.4 is 19.9 Å². The van der Waals surface area contributed by atoms with Gasteiger partial charge in [0.25, 0.3) is 0 Å². The van der Waals surface area contributed by atoms with Crippen molar-refractivity contribution in [2.75, 3.05) is 14.2 Å². The van der Waals surface area contributed by atoms with Gasteiger partial charge in [-0.3, -0.25) is 0 Å². The van der Waals surface area contributed by atoms with Crippen LogP contribution in [0, 0.1) is 0 Å². The first-order valence-corrected chi connectivity index (χ1v) is 7.28. The number of hydrogen-bond acceptors (Lipinski definition) is 4. The van der Waals surface area contributed by atoms with Gasteiger partial charge in [-0.05, 0) is 25.1 Å². The summed E-state index contributed by atoms with van der Waals surface area (Å²) in [7, 11) is 3.21. The van der Waals surface area contributed by atoms with E-state index >= 15 is 0 Å². The summed E-state index contributed by atoms with van der Waals surface area (Å²) >= 11 is 3.44. The van der Waals surface area contributed by atoms with E-state index in [1.165, 1.54) is 0 Å². The quantitative estimate of drug-likeness (QED) is 0.873. The fraction of sp³-hybridized carbons (Fsp3) is 0.250. The number of rotatable bonds is 5. The maximum atomic E-state index is 6.00. The van der Waals surface area contributed by atoms with Gasteiger partial charge < -0.3 is 19.9 Å². The van der Waals surface area contributed by atoms with Crippen molar-refractivity contribution in [1.82, 2.24) is 0 Å². The summed E-state index contributed by atoms with van der Waals surface area (Å²) in [5.41, 5.74) is 6.92. The highest BCUT2D eigenvalue weighted by Gasteiger charge is 2.11. The summed E-state index contributed by atoms with van der Waals surface area (Å²) in [6, 6.07) is 11.0. The van der Waals surface area contributed by atoms with Gasteiger partial charge in [0, 0.05) is 34.3 Å². The van der Waals surface area contributed by atoms with Crippen LogP contribution in [-0.4, -0.2) is 14.2 Å². The molecule has 0 bridgehead atoms. The number of nitrogens with two attached hydrogens (primary N) is 1. The van der Waals surface area contributed by atoms with E-state index in [2.05, 4.69) is 15.9 Å². The van der Waals surface area contributed by atoms with Crippen LogP contribution in [0.25, 0.3) is 0 Å². The molecule has 2 N–H and O–H groups in total. The third kappa shape index (κ3) is 3.89. The zero-order chi connectivity index (χ0) is 15.4. The van der Waals surface area contributed by atoms with Crippen molar-refractivity contribution in [3.63, 3.8) is 0 Å². The monoisotopic (exact) mass is 351 g/mol. The van der Waals surface area contributed by atoms with E-state index in [9.17, 15) is 0 Å². The van der Waals surface area contributed by atoms with Gasteiger partial charge in [0.1, 0.15) is 23.0 Å². The number of methoxy groups -OCH3 is 2. The van der Waals surface area contributed by atoms with E-state index in [4.69, 9.17) is 19.9 Å². The Bertz CT molecular complexity index is 607. The second-order valence-corrected chi connectivity index (χ2v) is 5.54. The molecular formula is C16H18BrNO3. The third-order valence-electron chi connectivity index (χ3n) is 3.02. The fourth-order valence-electron chi connectivity index (χ4n) is 1.94. The van der Waals surface area contributed by atoms with Crippen molar-refractivity contribution < 1.29 is 14.2 Å². The molecule has 0 amide bonds. The molecule has 4 nitrogen and oxygen atoms in total. The fourth-order valence-corrected chi connectivity index (χ4v) is 2.31. The number of ether oxygens (including phenoxy) is 3. The lowest BCUT2D eigenvalue weighted by Gasteiger charge is -2.15. The van der Waals surface area contributed by atoms with Gasteiger partial charge in [0.2, 0.25) is 0 Å². The number of halogens is 1. The Kier molecular flexibility index (Phi) is 5.09. The van der Waals surface area contributed by atoms with Crippen molar-refractivity contribution in [1.29, 1.82) is 0 Å². The van der Waals surface area contributed by atoms with Crippen LogP contribution in [-0.2, 0) is 0 Å². The first-order chi connectivity index (χ1) is 10.0. The predicted octanol–water partition coefficient (Wildman–Crippen LogP) is 4.28. The van der Waals surface area contributed by atoms with Gasteiger partial charge in [0.05, 0.1) is 14.2 Å². The standard InChI is InChI=1S/C16H18BrNO3/c1-10(18)15-6-11(17)4-5-16(15)21-14-8-12(19-2)7-13(9-14)20-3/h4-10H,18H2,1-3H3. The van der Waals surface area contributed by atoms with Crippen LogP contribution in [0.4, 0.5) is 0 Å². The minimum absolute atomic E-state index is 0.134. The molecule has 0 radical (unpaired) electrons. The maximum Gasteiger partial charge on any atom is 0.134 e. The molecule has 1 atom stereocenters. The molecule has 1 unspecified atom stereocenters. The van der Waals surface area contributed by atoms with Gasteiger partial charge in [-0.1, -0.05) is 15.9 Å². The highest BCUT2D eigenvalue weighted by atomic mass is 79.9. The van der Waals surface area contributed by atoms with Crippen molar-refractivity contribution in [3.8, 4) is 23.0 Å². The van der Waals surface area contributed by atoms with Crippen molar-refractivity contribution in [2.24, 2.45) is 5.73 Å². The molecule has 21 heavy (non-hydrogen) atoms. The molecule has 2 rings (SSSR count). The normalized spacial score (nSPS) is 11.9. The molecule has 0 aromatic heterocycles. The summed E-state index contributed by atoms with van der Waals surface area (Å²) in [6.45, 7) is 1.92. The molecule has 0 fully saturated rings. The molecule has 0 aliphatic rings. The van der Waals surface area contributed by atoms with Gasteiger partial charge >= 0.3 is 0 Å². The number of benzene rings is 2. The molecule has 0 aliphatic heterocycles. The van der Waals surface area contributed by atoms with Crippen molar-refractivity contribution >= 4 is 15.9 Å². The minimum Gasteiger partial charge on any atom is -0.496 e. The molecule has 0 spiro atoms. The van der Waals surface area contributed by atoms with Gasteiger partial charge in [-0.2, -0.15) is 0 Å². The molecule has 5 heteroatoms. The Labute approximate surface area is 132 Å². The average Bonchev–Trinajstić information content (AvgIpc) is 2.48. The second kappa shape index (κ2) is 6.83. The van der Waals surface area contributed by atoms with Crippen LogP contribution in [0.2, 0.25) is 0 Å². The van der Waals surface area contributed by atoms with Crippen LogP contribution in [0.15, 0.2) is 40.9 Å². The van der Waals surface area contributed by atoms with E-state index in [-0.39, 0.29) is 6.04 Å². The summed E-state index contributed by atoms with van der Waals surface area (Å²) in [4.78, 5) is 0. The highest BCUT2D eigenvalue weighted by molar-refractivity contribution is 9.10. The molecule has 0 saturated heterocycles. The van der Waals surface area contributed by atoms with Crippen LogP contribution in [0.3, 0.4) is 0 Å². The Balaban J connectivity index is 2.38. The predicted molar refractivity (Wildman–Crippen MR) is 86.4 cm³/mol. The zero-order valence-corrected chi connectivity index (χ0v) is 13.8. The Morgan fingerprint density at radius 1 is 0.952 bits per heavy atom. The minimum atomic E-state index is -0.134. The van der Waals surface area contributed by atoms with Gasteiger partial charge in [0.15, 0.2) is 0 Å². The summed E-state index contributed by atoms with van der Waals surface area (Å²) in [6.07, 6.45) is 0. The molecule has 2 aromatic rings. The lowest BCUT2D eigenvalue weighted by molar-refractivity contribution is 0.386. The Hall–Kier alpha value is -1.72. The second-order valence-electron chi connectivity index (χ2n) is 4.62. The molecule has 2 aromatic carbocycles. The van der Waals surface area contributed by atoms with E-state index in [1.807, 2.05) is 25.1 Å². The van der Waals surface area contributed by atoms with Crippen molar-refractivity contribution in [2.45, 2.75) is 13.0 Å². The van der Waals surface area contributed by atoms with Gasteiger partial charge in [-0.15, -0.1) is 0 Å². The van der Waals surface area contributed by atoms with E-state index in [0.717, 1.165) is 10.0 Å². The summed E-state index contributed by atoms with van der Waals surface area (Å²) < 4.78 is 17.4. The largest absolute Gasteiger partial charge is 0.496 e. The summed E-state index contributed by atoms with van der Waals surface area (Å²) in [5, 5.41) is 0. The van der Waals surface area contributed by atoms with Gasteiger partial charge in [-0.25, -0.2) is 0 Å². The van der Waals surface area contributed by atoms with Crippen LogP contribution in [0.5, 0.6) is 23.0 Å². The van der Waals surface area contributed by atoms with Crippen LogP contribution >= 0.6 is 15.9 Å². The third-order valence-corrected chi connectivity index (χ3v) is 3.51. The Morgan fingerprint density at radius 2 is 1.52 bits per heavy atom. The maximum absolute atomic E-state index is 6.00. The summed E-state index contributed by atoms with van der Waals surface area (Å²) in [5.74, 6) is 2.69. The first-order valence-electron chi connectivity index (χ1n) is 6.49. The smallest absolute Gasteiger partial charge is 0.134 e. The van der Waals surface area contributed by atoms with E-state index in [0.29, 0.717) is 23.0 Å². The first kappa shape index (κ1) is 15.7.